The number of hydrogen-bond donors (Lipinski definition) is 0. The van der Waals surface area contributed by atoms with Crippen LogP contribution in [0.1, 0.15) is 40.0 Å². The van der Waals surface area contributed by atoms with E-state index in [2.05, 4.69) is 25.7 Å². The molecule has 3 nitrogen and oxygen atoms in total. The van der Waals surface area contributed by atoms with Gasteiger partial charge in [-0.05, 0) is 25.7 Å². The van der Waals surface area contributed by atoms with Crippen molar-refractivity contribution in [2.24, 2.45) is 17.8 Å². The first-order valence-corrected chi connectivity index (χ1v) is 6.53. The Morgan fingerprint density at radius 1 is 1.44 bits per heavy atom. The van der Waals surface area contributed by atoms with Crippen LogP contribution in [0.5, 0.6) is 0 Å². The number of fused-ring (bicyclic) bond motifs is 3. The van der Waals surface area contributed by atoms with Gasteiger partial charge >= 0.3 is 0 Å². The molecule has 0 spiro atoms. The number of rotatable bonds is 1. The van der Waals surface area contributed by atoms with Crippen molar-refractivity contribution in [2.45, 2.75) is 51.8 Å². The van der Waals surface area contributed by atoms with Crippen LogP contribution >= 0.6 is 0 Å². The van der Waals surface area contributed by atoms with Gasteiger partial charge in [-0.3, -0.25) is 4.79 Å². The summed E-state index contributed by atoms with van der Waals surface area (Å²) in [4.78, 5) is 14.5. The largest absolute Gasteiger partial charge is 0.353 e. The zero-order valence-corrected chi connectivity index (χ0v) is 10.4. The van der Waals surface area contributed by atoms with Gasteiger partial charge in [-0.2, -0.15) is 0 Å². The standard InChI is InChI=1S/C13H21NO2/c1-8(2)11-7-16-13(3)10-6-4-5-9(10)12(15)14(11)13/h8-11H,4-7H2,1-3H3/t9-,10+,11+,13+/m0/s1. The van der Waals surface area contributed by atoms with Crippen molar-refractivity contribution in [3.8, 4) is 0 Å². The van der Waals surface area contributed by atoms with Gasteiger partial charge in [0.25, 0.3) is 0 Å². The maximum absolute atomic E-state index is 12.4. The van der Waals surface area contributed by atoms with E-state index in [-0.39, 0.29) is 11.6 Å². The third-order valence-corrected chi connectivity index (χ3v) is 4.88. The molecular formula is C13H21NO2. The topological polar surface area (TPSA) is 29.5 Å². The van der Waals surface area contributed by atoms with Crippen molar-refractivity contribution < 1.29 is 9.53 Å². The van der Waals surface area contributed by atoms with Crippen LogP contribution in [0, 0.1) is 17.8 Å². The number of carbonyl (C=O) groups excluding carboxylic acids is 1. The van der Waals surface area contributed by atoms with Crippen LogP contribution in [0.2, 0.25) is 0 Å². The minimum Gasteiger partial charge on any atom is -0.353 e. The molecule has 3 heteroatoms. The lowest BCUT2D eigenvalue weighted by Gasteiger charge is -2.34. The number of ether oxygens (including phenoxy) is 1. The Morgan fingerprint density at radius 3 is 2.88 bits per heavy atom. The summed E-state index contributed by atoms with van der Waals surface area (Å²) in [5.74, 6) is 1.56. The Labute approximate surface area is 97.1 Å². The molecule has 0 aromatic carbocycles. The van der Waals surface area contributed by atoms with Crippen LogP contribution in [0.3, 0.4) is 0 Å². The summed E-state index contributed by atoms with van der Waals surface area (Å²) in [5, 5.41) is 0. The molecule has 3 fully saturated rings. The smallest absolute Gasteiger partial charge is 0.228 e. The number of amides is 1. The predicted molar refractivity (Wildman–Crippen MR) is 60.7 cm³/mol. The molecule has 1 aliphatic carbocycles. The van der Waals surface area contributed by atoms with Crippen molar-refractivity contribution in [3.05, 3.63) is 0 Å². The van der Waals surface area contributed by atoms with Gasteiger partial charge in [0.05, 0.1) is 12.6 Å². The Bertz CT molecular complexity index is 328. The maximum Gasteiger partial charge on any atom is 0.228 e. The van der Waals surface area contributed by atoms with Gasteiger partial charge in [0.1, 0.15) is 5.72 Å². The van der Waals surface area contributed by atoms with E-state index in [1.54, 1.807) is 0 Å². The summed E-state index contributed by atoms with van der Waals surface area (Å²) in [7, 11) is 0. The summed E-state index contributed by atoms with van der Waals surface area (Å²) in [6.07, 6.45) is 3.43. The third kappa shape index (κ3) is 1.10. The number of nitrogens with zero attached hydrogens (tertiary/aromatic N) is 1. The van der Waals surface area contributed by atoms with E-state index in [9.17, 15) is 4.79 Å². The quantitative estimate of drug-likeness (QED) is 0.680. The first-order valence-electron chi connectivity index (χ1n) is 6.53. The molecule has 1 amide bonds. The fraction of sp³-hybridized carbons (Fsp3) is 0.923. The average molecular weight is 223 g/mol. The van der Waals surface area contributed by atoms with E-state index in [0.29, 0.717) is 23.8 Å². The van der Waals surface area contributed by atoms with E-state index >= 15 is 0 Å². The second kappa shape index (κ2) is 3.22. The highest BCUT2D eigenvalue weighted by molar-refractivity contribution is 5.83. The molecule has 2 aliphatic heterocycles. The Morgan fingerprint density at radius 2 is 2.19 bits per heavy atom. The lowest BCUT2D eigenvalue weighted by atomic mass is 9.92. The van der Waals surface area contributed by atoms with Crippen LogP contribution in [0.25, 0.3) is 0 Å². The maximum atomic E-state index is 12.4. The highest BCUT2D eigenvalue weighted by atomic mass is 16.5. The second-order valence-electron chi connectivity index (χ2n) is 6.03. The molecule has 90 valence electrons. The fourth-order valence-electron chi connectivity index (χ4n) is 3.96. The highest BCUT2D eigenvalue weighted by Gasteiger charge is 2.63. The van der Waals surface area contributed by atoms with Crippen molar-refractivity contribution in [1.82, 2.24) is 4.90 Å². The lowest BCUT2D eigenvalue weighted by molar-refractivity contribution is -0.141. The van der Waals surface area contributed by atoms with E-state index in [1.165, 1.54) is 6.42 Å². The first-order chi connectivity index (χ1) is 7.55. The molecule has 3 rings (SSSR count). The van der Waals surface area contributed by atoms with E-state index < -0.39 is 0 Å². The molecule has 0 aromatic rings. The van der Waals surface area contributed by atoms with Crippen molar-refractivity contribution in [2.75, 3.05) is 6.61 Å². The monoisotopic (exact) mass is 223 g/mol. The molecule has 0 bridgehead atoms. The van der Waals surface area contributed by atoms with Crippen LogP contribution in [0.4, 0.5) is 0 Å². The van der Waals surface area contributed by atoms with Gasteiger partial charge in [-0.15, -0.1) is 0 Å². The summed E-state index contributed by atoms with van der Waals surface area (Å²) < 4.78 is 6.03. The molecule has 4 atom stereocenters. The predicted octanol–water partition coefficient (Wildman–Crippen LogP) is 2.02. The second-order valence-corrected chi connectivity index (χ2v) is 6.03. The van der Waals surface area contributed by atoms with E-state index in [4.69, 9.17) is 4.74 Å². The third-order valence-electron chi connectivity index (χ3n) is 4.88. The molecule has 0 N–H and O–H groups in total. The van der Waals surface area contributed by atoms with Gasteiger partial charge in [0, 0.05) is 11.8 Å². The Hall–Kier alpha value is -0.570. The van der Waals surface area contributed by atoms with Gasteiger partial charge < -0.3 is 9.64 Å². The molecule has 3 aliphatic rings. The van der Waals surface area contributed by atoms with Crippen LogP contribution in [-0.2, 0) is 9.53 Å². The fourth-order valence-corrected chi connectivity index (χ4v) is 3.96. The molecule has 0 unspecified atom stereocenters. The van der Waals surface area contributed by atoms with Crippen molar-refractivity contribution in [1.29, 1.82) is 0 Å². The minimum absolute atomic E-state index is 0.256. The zero-order chi connectivity index (χ0) is 11.5. The SMILES string of the molecule is CC(C)[C@H]1CO[C@]2(C)[C@@H]3CCC[C@@H]3C(=O)N12. The number of carbonyl (C=O) groups is 1. The zero-order valence-electron chi connectivity index (χ0n) is 10.4. The van der Waals surface area contributed by atoms with E-state index in [1.807, 2.05) is 0 Å². The molecule has 16 heavy (non-hydrogen) atoms. The van der Waals surface area contributed by atoms with Gasteiger partial charge in [-0.1, -0.05) is 20.3 Å². The average Bonchev–Trinajstić information content (AvgIpc) is 2.83. The van der Waals surface area contributed by atoms with Gasteiger partial charge in [0.2, 0.25) is 5.91 Å². The number of hydrogen-bond acceptors (Lipinski definition) is 2. The van der Waals surface area contributed by atoms with Crippen LogP contribution < -0.4 is 0 Å². The summed E-state index contributed by atoms with van der Waals surface area (Å²) >= 11 is 0. The van der Waals surface area contributed by atoms with Crippen molar-refractivity contribution in [3.63, 3.8) is 0 Å². The highest BCUT2D eigenvalue weighted by Crippen LogP contribution is 2.53. The molecule has 2 heterocycles. The summed E-state index contributed by atoms with van der Waals surface area (Å²) in [6.45, 7) is 7.22. The Balaban J connectivity index is 1.97. The molecule has 0 radical (unpaired) electrons. The van der Waals surface area contributed by atoms with Crippen molar-refractivity contribution >= 4 is 5.91 Å². The summed E-state index contributed by atoms with van der Waals surface area (Å²) in [6, 6.07) is 0.295. The lowest BCUT2D eigenvalue weighted by Crippen LogP contribution is -2.47. The van der Waals surface area contributed by atoms with Crippen LogP contribution in [-0.4, -0.2) is 29.2 Å². The normalized spacial score (nSPS) is 46.6. The molecule has 2 saturated heterocycles. The molecular weight excluding hydrogens is 202 g/mol. The van der Waals surface area contributed by atoms with Gasteiger partial charge in [0.15, 0.2) is 0 Å². The minimum atomic E-state index is -0.285. The Kier molecular flexibility index (Phi) is 2.13. The summed E-state index contributed by atoms with van der Waals surface area (Å²) in [5.41, 5.74) is -0.285. The van der Waals surface area contributed by atoms with E-state index in [0.717, 1.165) is 19.4 Å². The van der Waals surface area contributed by atoms with Crippen LogP contribution in [0.15, 0.2) is 0 Å². The molecule has 1 saturated carbocycles. The first kappa shape index (κ1) is 10.6. The van der Waals surface area contributed by atoms with Gasteiger partial charge in [-0.25, -0.2) is 0 Å². The molecule has 0 aromatic heterocycles.